The fourth-order valence-corrected chi connectivity index (χ4v) is 7.41. The molecule has 4 aromatic heterocycles. The van der Waals surface area contributed by atoms with Gasteiger partial charge in [0.1, 0.15) is 0 Å². The first kappa shape index (κ1) is 19.9. The van der Waals surface area contributed by atoms with Gasteiger partial charge in [0, 0.05) is 56.3 Å². The highest BCUT2D eigenvalue weighted by Crippen LogP contribution is 2.39. The van der Waals surface area contributed by atoms with Crippen molar-refractivity contribution in [1.29, 1.82) is 0 Å². The summed E-state index contributed by atoms with van der Waals surface area (Å²) in [5.74, 6) is 0. The van der Waals surface area contributed by atoms with E-state index in [0.29, 0.717) is 0 Å². The number of para-hydroxylation sites is 2. The largest absolute Gasteiger partial charge is 0.309 e. The fourth-order valence-electron chi connectivity index (χ4n) is 7.41. The molecule has 10 rings (SSSR count). The van der Waals surface area contributed by atoms with Crippen molar-refractivity contribution in [3.05, 3.63) is 116 Å². The summed E-state index contributed by atoms with van der Waals surface area (Å²) in [5, 5.41) is 5.05. The van der Waals surface area contributed by atoms with E-state index >= 15 is 0 Å². The molecule has 0 saturated heterocycles. The Morgan fingerprint density at radius 2 is 1.08 bits per heavy atom. The van der Waals surface area contributed by atoms with Gasteiger partial charge in [0.2, 0.25) is 0 Å². The van der Waals surface area contributed by atoms with Crippen molar-refractivity contribution >= 4 is 66.7 Å². The molecule has 6 heterocycles. The molecule has 0 spiro atoms. The van der Waals surface area contributed by atoms with Gasteiger partial charge in [-0.3, -0.25) is 9.97 Å². The summed E-state index contributed by atoms with van der Waals surface area (Å²) in [6.07, 6.45) is 7.85. The lowest BCUT2D eigenvalue weighted by Crippen LogP contribution is -2.59. The molecule has 2 aliphatic heterocycles. The van der Waals surface area contributed by atoms with Gasteiger partial charge in [-0.05, 0) is 51.8 Å². The van der Waals surface area contributed by atoms with E-state index in [9.17, 15) is 0 Å². The van der Waals surface area contributed by atoms with Crippen molar-refractivity contribution in [1.82, 2.24) is 19.1 Å². The Labute approximate surface area is 223 Å². The number of hydrogen-bond acceptors (Lipinski definition) is 2. The minimum absolute atomic E-state index is 0.141. The summed E-state index contributed by atoms with van der Waals surface area (Å²) < 4.78 is 4.92. The summed E-state index contributed by atoms with van der Waals surface area (Å²) in [6.45, 7) is 0.141. The van der Waals surface area contributed by atoms with Gasteiger partial charge < -0.3 is 9.13 Å². The highest BCUT2D eigenvalue weighted by Gasteiger charge is 2.40. The molecule has 5 heteroatoms. The molecular formula is C34H19BN4. The molecule has 0 unspecified atom stereocenters. The van der Waals surface area contributed by atoms with Gasteiger partial charge >= 0.3 is 0 Å². The third-order valence-corrected chi connectivity index (χ3v) is 8.88. The first-order valence-electron chi connectivity index (χ1n) is 13.4. The average molecular weight is 494 g/mol. The van der Waals surface area contributed by atoms with Gasteiger partial charge in [-0.2, -0.15) is 0 Å². The summed E-state index contributed by atoms with van der Waals surface area (Å²) in [4.78, 5) is 9.13. The Hall–Kier alpha value is -5.16. The van der Waals surface area contributed by atoms with Gasteiger partial charge in [-0.25, -0.2) is 0 Å². The van der Waals surface area contributed by atoms with Crippen LogP contribution in [-0.2, 0) is 0 Å². The average Bonchev–Trinajstić information content (AvgIpc) is 3.52. The van der Waals surface area contributed by atoms with E-state index in [-0.39, 0.29) is 6.71 Å². The Morgan fingerprint density at radius 1 is 0.513 bits per heavy atom. The molecule has 0 aliphatic carbocycles. The van der Waals surface area contributed by atoms with E-state index in [1.807, 2.05) is 24.8 Å². The second kappa shape index (κ2) is 6.83. The number of benzene rings is 4. The lowest BCUT2D eigenvalue weighted by molar-refractivity contribution is 1.13. The smallest absolute Gasteiger partial charge is 0.252 e. The van der Waals surface area contributed by atoms with E-state index in [2.05, 4.69) is 110 Å². The fraction of sp³-hybridized carbons (Fsp3) is 0. The molecule has 4 aromatic carbocycles. The van der Waals surface area contributed by atoms with E-state index < -0.39 is 0 Å². The predicted octanol–water partition coefficient (Wildman–Crippen LogP) is 5.48. The van der Waals surface area contributed by atoms with Crippen molar-refractivity contribution in [3.63, 3.8) is 0 Å². The molecule has 0 atom stereocenters. The maximum absolute atomic E-state index is 4.57. The Kier molecular flexibility index (Phi) is 3.48. The molecule has 0 bridgehead atoms. The molecule has 0 amide bonds. The topological polar surface area (TPSA) is 35.6 Å². The van der Waals surface area contributed by atoms with Crippen LogP contribution in [0.1, 0.15) is 0 Å². The van der Waals surface area contributed by atoms with E-state index in [1.165, 1.54) is 71.5 Å². The zero-order chi connectivity index (χ0) is 25.2. The minimum Gasteiger partial charge on any atom is -0.309 e. The van der Waals surface area contributed by atoms with Gasteiger partial charge in [0.25, 0.3) is 6.71 Å². The number of pyridine rings is 2. The first-order chi connectivity index (χ1) is 19.4. The molecule has 0 saturated carbocycles. The van der Waals surface area contributed by atoms with Crippen LogP contribution >= 0.6 is 0 Å². The molecule has 0 fully saturated rings. The molecule has 8 aromatic rings. The Balaban J connectivity index is 1.49. The minimum atomic E-state index is 0.141. The van der Waals surface area contributed by atoms with Crippen molar-refractivity contribution in [2.45, 2.75) is 0 Å². The highest BCUT2D eigenvalue weighted by atomic mass is 15.0. The predicted molar refractivity (Wildman–Crippen MR) is 161 cm³/mol. The van der Waals surface area contributed by atoms with Crippen LogP contribution in [0.4, 0.5) is 0 Å². The standard InChI is InChI=1S/C34H19BN4/c1-2-6-20(7-3-1)21-16-28-32-29(17-21)39-31-19-37-15-13-23(31)25-9-5-11-27(34(25)39)35(32)26-10-4-8-24-22-12-14-36-18-30(22)38(28)33(24)26/h1-19H. The summed E-state index contributed by atoms with van der Waals surface area (Å²) in [7, 11) is 0. The van der Waals surface area contributed by atoms with Crippen molar-refractivity contribution in [3.8, 4) is 22.5 Å². The number of nitrogens with zero attached hydrogens (tertiary/aromatic N) is 4. The molecule has 2 aliphatic rings. The lowest BCUT2D eigenvalue weighted by Gasteiger charge is -2.34. The van der Waals surface area contributed by atoms with Crippen molar-refractivity contribution in [2.75, 3.05) is 0 Å². The Morgan fingerprint density at radius 3 is 1.64 bits per heavy atom. The van der Waals surface area contributed by atoms with E-state index in [1.54, 1.807) is 0 Å². The molecule has 39 heavy (non-hydrogen) atoms. The van der Waals surface area contributed by atoms with E-state index in [0.717, 1.165) is 11.0 Å². The summed E-state index contributed by atoms with van der Waals surface area (Å²) in [6, 6.07) is 33.4. The molecular weight excluding hydrogens is 475 g/mol. The van der Waals surface area contributed by atoms with Crippen LogP contribution in [0, 0.1) is 0 Å². The van der Waals surface area contributed by atoms with Crippen LogP contribution in [0.2, 0.25) is 0 Å². The molecule has 178 valence electrons. The first-order valence-corrected chi connectivity index (χ1v) is 13.4. The summed E-state index contributed by atoms with van der Waals surface area (Å²) >= 11 is 0. The number of aromatic nitrogens is 4. The third-order valence-electron chi connectivity index (χ3n) is 8.88. The molecule has 4 nitrogen and oxygen atoms in total. The van der Waals surface area contributed by atoms with Crippen LogP contribution in [0.5, 0.6) is 0 Å². The zero-order valence-corrected chi connectivity index (χ0v) is 20.8. The molecule has 0 N–H and O–H groups in total. The van der Waals surface area contributed by atoms with Crippen LogP contribution in [0.3, 0.4) is 0 Å². The monoisotopic (exact) mass is 494 g/mol. The SMILES string of the molecule is c1ccc(-c2cc3c4c(c2)-n2c5cnccc5c5cccc(c52)B4c2cccc4c5ccncc5n-3c24)cc1. The lowest BCUT2D eigenvalue weighted by atomic mass is 9.34. The van der Waals surface area contributed by atoms with Crippen LogP contribution in [0.25, 0.3) is 66.1 Å². The van der Waals surface area contributed by atoms with Crippen LogP contribution < -0.4 is 16.4 Å². The zero-order valence-electron chi connectivity index (χ0n) is 20.8. The van der Waals surface area contributed by atoms with Gasteiger partial charge in [0.05, 0.1) is 23.4 Å². The highest BCUT2D eigenvalue weighted by molar-refractivity contribution is 7.00. The van der Waals surface area contributed by atoms with Gasteiger partial charge in [-0.15, -0.1) is 0 Å². The quantitative estimate of drug-likeness (QED) is 0.284. The maximum atomic E-state index is 4.57. The number of hydrogen-bond donors (Lipinski definition) is 0. The maximum Gasteiger partial charge on any atom is 0.252 e. The van der Waals surface area contributed by atoms with Crippen molar-refractivity contribution < 1.29 is 0 Å². The Bertz CT molecular complexity index is 2200. The van der Waals surface area contributed by atoms with E-state index in [4.69, 9.17) is 0 Å². The van der Waals surface area contributed by atoms with Crippen molar-refractivity contribution in [2.24, 2.45) is 0 Å². The second-order valence-electron chi connectivity index (χ2n) is 10.7. The number of rotatable bonds is 1. The number of fused-ring (bicyclic) bond motifs is 10. The van der Waals surface area contributed by atoms with Gasteiger partial charge in [-0.1, -0.05) is 66.7 Å². The summed E-state index contributed by atoms with van der Waals surface area (Å²) in [5.41, 5.74) is 13.8. The van der Waals surface area contributed by atoms with Crippen LogP contribution in [-0.4, -0.2) is 25.8 Å². The third kappa shape index (κ3) is 2.29. The molecule has 0 radical (unpaired) electrons. The van der Waals surface area contributed by atoms with Gasteiger partial charge in [0.15, 0.2) is 0 Å². The van der Waals surface area contributed by atoms with Crippen LogP contribution in [0.15, 0.2) is 116 Å². The normalized spacial score (nSPS) is 13.1. The second-order valence-corrected chi connectivity index (χ2v) is 10.7.